The van der Waals surface area contributed by atoms with Crippen molar-refractivity contribution in [3.63, 3.8) is 0 Å². The molecule has 0 radical (unpaired) electrons. The lowest BCUT2D eigenvalue weighted by Gasteiger charge is -2.09. The Balaban J connectivity index is 0.000000167. The SMILES string of the molecule is CC(C)c1cnnc(Nc2ccc3ncc(-c4cc[nH]c(=O)c4)cc3n2)c1.Cc1cc(-c2cnc3ccc(Nc4cc(C(C)C)cnn4)nc3c2)ccn1. The molecule has 13 nitrogen and oxygen atoms in total. The Morgan fingerprint density at radius 3 is 1.57 bits per heavy atom. The van der Waals surface area contributed by atoms with Crippen LogP contribution in [0.5, 0.6) is 0 Å². The summed E-state index contributed by atoms with van der Waals surface area (Å²) in [4.78, 5) is 36.7. The maximum atomic E-state index is 11.5. The van der Waals surface area contributed by atoms with Crippen molar-refractivity contribution in [3.05, 3.63) is 137 Å². The van der Waals surface area contributed by atoms with Crippen molar-refractivity contribution in [2.75, 3.05) is 10.6 Å². The summed E-state index contributed by atoms with van der Waals surface area (Å²) in [5, 5.41) is 22.8. The number of aromatic amines is 1. The van der Waals surface area contributed by atoms with E-state index in [4.69, 9.17) is 4.98 Å². The van der Waals surface area contributed by atoms with Gasteiger partial charge in [-0.1, -0.05) is 27.7 Å². The molecule has 0 spiro atoms. The van der Waals surface area contributed by atoms with Crippen LogP contribution in [0, 0.1) is 6.92 Å². The molecule has 0 aromatic carbocycles. The van der Waals surface area contributed by atoms with Gasteiger partial charge in [0.15, 0.2) is 11.6 Å². The van der Waals surface area contributed by atoms with Crippen LogP contribution in [0.25, 0.3) is 44.3 Å². The molecular weight excluding hydrogens is 677 g/mol. The normalized spacial score (nSPS) is 11.1. The van der Waals surface area contributed by atoms with E-state index >= 15 is 0 Å². The summed E-state index contributed by atoms with van der Waals surface area (Å²) in [6.07, 6.45) is 10.6. The van der Waals surface area contributed by atoms with E-state index in [1.54, 1.807) is 31.0 Å². The summed E-state index contributed by atoms with van der Waals surface area (Å²) >= 11 is 0. The molecule has 8 rings (SSSR count). The largest absolute Gasteiger partial charge is 0.329 e. The number of nitrogens with one attached hydrogen (secondary N) is 3. The van der Waals surface area contributed by atoms with Crippen molar-refractivity contribution in [3.8, 4) is 22.3 Å². The molecule has 0 aliphatic carbocycles. The molecule has 0 unspecified atom stereocenters. The van der Waals surface area contributed by atoms with Gasteiger partial charge in [0.1, 0.15) is 11.6 Å². The Bertz CT molecular complexity index is 2640. The average Bonchev–Trinajstić information content (AvgIpc) is 3.18. The van der Waals surface area contributed by atoms with Gasteiger partial charge >= 0.3 is 0 Å². The van der Waals surface area contributed by atoms with E-state index < -0.39 is 0 Å². The van der Waals surface area contributed by atoms with E-state index in [1.807, 2.05) is 79.9 Å². The molecule has 13 heteroatoms. The molecule has 0 aliphatic rings. The third-order valence-electron chi connectivity index (χ3n) is 8.61. The van der Waals surface area contributed by atoms with Gasteiger partial charge in [0, 0.05) is 47.7 Å². The Labute approximate surface area is 311 Å². The van der Waals surface area contributed by atoms with Gasteiger partial charge in [0.25, 0.3) is 0 Å². The third kappa shape index (κ3) is 8.53. The molecule has 0 amide bonds. The fourth-order valence-corrected chi connectivity index (χ4v) is 5.60. The van der Waals surface area contributed by atoms with Gasteiger partial charge in [-0.25, -0.2) is 9.97 Å². The number of fused-ring (bicyclic) bond motifs is 2. The lowest BCUT2D eigenvalue weighted by molar-refractivity contribution is 0.843. The molecule has 0 atom stereocenters. The molecule has 268 valence electrons. The van der Waals surface area contributed by atoms with Gasteiger partial charge < -0.3 is 15.6 Å². The summed E-state index contributed by atoms with van der Waals surface area (Å²) < 4.78 is 0. The Hall–Kier alpha value is -7.02. The highest BCUT2D eigenvalue weighted by Crippen LogP contribution is 2.26. The molecule has 0 fully saturated rings. The van der Waals surface area contributed by atoms with Crippen LogP contribution in [0.1, 0.15) is 56.4 Å². The molecular formula is C41H38N12O. The predicted molar refractivity (Wildman–Crippen MR) is 212 cm³/mol. The van der Waals surface area contributed by atoms with E-state index in [0.29, 0.717) is 35.1 Å². The Morgan fingerprint density at radius 1 is 0.537 bits per heavy atom. The highest BCUT2D eigenvalue weighted by Gasteiger charge is 2.09. The van der Waals surface area contributed by atoms with E-state index in [0.717, 1.165) is 61.1 Å². The van der Waals surface area contributed by atoms with Crippen LogP contribution in [0.2, 0.25) is 0 Å². The van der Waals surface area contributed by atoms with E-state index in [-0.39, 0.29) is 5.56 Å². The highest BCUT2D eigenvalue weighted by atomic mass is 16.1. The van der Waals surface area contributed by atoms with Crippen molar-refractivity contribution in [1.29, 1.82) is 0 Å². The van der Waals surface area contributed by atoms with Crippen molar-refractivity contribution in [2.45, 2.75) is 46.5 Å². The Morgan fingerprint density at radius 2 is 1.07 bits per heavy atom. The first-order valence-electron chi connectivity index (χ1n) is 17.5. The fraction of sp³-hybridized carbons (Fsp3) is 0.171. The van der Waals surface area contributed by atoms with Crippen molar-refractivity contribution in [2.24, 2.45) is 0 Å². The summed E-state index contributed by atoms with van der Waals surface area (Å²) in [5.74, 6) is 3.45. The average molecular weight is 715 g/mol. The number of hydrogen-bond acceptors (Lipinski definition) is 12. The number of hydrogen-bond donors (Lipinski definition) is 3. The lowest BCUT2D eigenvalue weighted by Crippen LogP contribution is -2.02. The molecule has 8 aromatic heterocycles. The van der Waals surface area contributed by atoms with Crippen LogP contribution in [-0.2, 0) is 0 Å². The number of nitrogens with zero attached hydrogens (tertiary/aromatic N) is 9. The minimum Gasteiger partial charge on any atom is -0.329 e. The standard InChI is InChI=1S/C21H20N6.C20H18N6O/c1-13(2)16-10-21(27-24-12-16)26-20-5-4-18-19(25-20)9-17(11-23-18)15-6-7-22-14(3)8-15;1-12(2)14-8-19(26-23-11-14)25-18-4-3-16-17(24-18)7-15(10-22-16)13-5-6-21-20(27)9-13/h4-13H,1-3H3,(H,25,26,27);3-12H,1-2H3,(H,21,27)(H,24,25,26). The molecule has 54 heavy (non-hydrogen) atoms. The van der Waals surface area contributed by atoms with E-state index in [2.05, 4.69) is 83.6 Å². The number of rotatable bonds is 8. The first-order chi connectivity index (χ1) is 26.2. The zero-order valence-electron chi connectivity index (χ0n) is 30.5. The quantitative estimate of drug-likeness (QED) is 0.138. The minimum absolute atomic E-state index is 0.153. The van der Waals surface area contributed by atoms with Crippen LogP contribution in [-0.4, -0.2) is 50.3 Å². The molecule has 0 aliphatic heterocycles. The molecule has 0 bridgehead atoms. The lowest BCUT2D eigenvalue weighted by atomic mass is 10.1. The van der Waals surface area contributed by atoms with Crippen LogP contribution < -0.4 is 16.2 Å². The molecule has 0 saturated heterocycles. The summed E-state index contributed by atoms with van der Waals surface area (Å²) in [6.45, 7) is 10.4. The Kier molecular flexibility index (Phi) is 10.3. The smallest absolute Gasteiger partial charge is 0.248 e. The zero-order valence-corrected chi connectivity index (χ0v) is 30.5. The van der Waals surface area contributed by atoms with Gasteiger partial charge in [-0.05, 0) is 108 Å². The zero-order chi connectivity index (χ0) is 37.6. The molecule has 8 aromatic rings. The predicted octanol–water partition coefficient (Wildman–Crippen LogP) is 8.30. The monoisotopic (exact) mass is 714 g/mol. The van der Waals surface area contributed by atoms with Crippen LogP contribution in [0.3, 0.4) is 0 Å². The fourth-order valence-electron chi connectivity index (χ4n) is 5.60. The second kappa shape index (κ2) is 15.7. The number of anilines is 4. The summed E-state index contributed by atoms with van der Waals surface area (Å²) in [7, 11) is 0. The van der Waals surface area contributed by atoms with Gasteiger partial charge in [0.05, 0.1) is 34.5 Å². The topological polar surface area (TPSA) is 173 Å². The minimum atomic E-state index is -0.153. The summed E-state index contributed by atoms with van der Waals surface area (Å²) in [5.41, 5.74) is 9.94. The number of H-pyrrole nitrogens is 1. The van der Waals surface area contributed by atoms with Crippen LogP contribution in [0.4, 0.5) is 23.3 Å². The van der Waals surface area contributed by atoms with Gasteiger partial charge in [-0.3, -0.25) is 19.7 Å². The second-order valence-corrected chi connectivity index (χ2v) is 13.4. The number of aryl methyl sites for hydroxylation is 1. The van der Waals surface area contributed by atoms with Crippen molar-refractivity contribution in [1.82, 2.24) is 50.3 Å². The van der Waals surface area contributed by atoms with E-state index in [1.165, 1.54) is 6.07 Å². The molecule has 0 saturated carbocycles. The number of aromatic nitrogens is 10. The van der Waals surface area contributed by atoms with Crippen LogP contribution >= 0.6 is 0 Å². The second-order valence-electron chi connectivity index (χ2n) is 13.4. The first-order valence-corrected chi connectivity index (χ1v) is 17.5. The third-order valence-corrected chi connectivity index (χ3v) is 8.61. The van der Waals surface area contributed by atoms with Gasteiger partial charge in [-0.2, -0.15) is 10.2 Å². The van der Waals surface area contributed by atoms with Crippen molar-refractivity contribution < 1.29 is 0 Å². The molecule has 3 N–H and O–H groups in total. The van der Waals surface area contributed by atoms with Gasteiger partial charge in [-0.15, -0.1) is 10.2 Å². The summed E-state index contributed by atoms with van der Waals surface area (Å²) in [6, 6.07) is 22.9. The highest BCUT2D eigenvalue weighted by molar-refractivity contribution is 5.83. The number of pyridine rings is 6. The molecule has 8 heterocycles. The first kappa shape index (κ1) is 35.4. The van der Waals surface area contributed by atoms with Gasteiger partial charge in [0.2, 0.25) is 5.56 Å². The maximum absolute atomic E-state index is 11.5. The maximum Gasteiger partial charge on any atom is 0.248 e. The van der Waals surface area contributed by atoms with Crippen LogP contribution in [0.15, 0.2) is 115 Å². The van der Waals surface area contributed by atoms with E-state index in [9.17, 15) is 4.79 Å². The van der Waals surface area contributed by atoms with Crippen molar-refractivity contribution >= 4 is 45.3 Å².